The molecule has 0 aliphatic carbocycles. The second kappa shape index (κ2) is 7.39. The maximum atomic E-state index is 5.89. The first-order valence-corrected chi connectivity index (χ1v) is 8.03. The third-order valence-corrected chi connectivity index (χ3v) is 4.02. The molecule has 6 nitrogen and oxygen atoms in total. The summed E-state index contributed by atoms with van der Waals surface area (Å²) in [4.78, 5) is 4.55. The molecule has 0 unspecified atom stereocenters. The van der Waals surface area contributed by atoms with Crippen molar-refractivity contribution in [3.05, 3.63) is 42.3 Å². The molecular formula is C20H21NO5. The van der Waals surface area contributed by atoms with E-state index in [1.54, 1.807) is 28.4 Å². The van der Waals surface area contributed by atoms with Crippen LogP contribution in [-0.4, -0.2) is 33.4 Å². The molecular weight excluding hydrogens is 334 g/mol. The Balaban J connectivity index is 2.15. The van der Waals surface area contributed by atoms with Gasteiger partial charge in [0.15, 0.2) is 23.1 Å². The van der Waals surface area contributed by atoms with Crippen molar-refractivity contribution in [1.29, 1.82) is 0 Å². The van der Waals surface area contributed by atoms with Gasteiger partial charge in [-0.25, -0.2) is 4.98 Å². The number of aryl methyl sites for hydroxylation is 1. The fourth-order valence-corrected chi connectivity index (χ4v) is 2.78. The van der Waals surface area contributed by atoms with Gasteiger partial charge in [-0.05, 0) is 36.4 Å². The minimum Gasteiger partial charge on any atom is -0.497 e. The summed E-state index contributed by atoms with van der Waals surface area (Å²) in [6, 6.07) is 11.3. The number of aromatic nitrogens is 1. The average Bonchev–Trinajstić information content (AvgIpc) is 3.08. The molecule has 0 amide bonds. The Labute approximate surface area is 152 Å². The maximum absolute atomic E-state index is 5.89. The molecule has 6 heteroatoms. The standard InChI is InChI=1S/C20H21NO5/c1-12-21-18(13-6-8-15(22-2)9-7-13)19(26-12)14-10-16(23-3)20(25-5)17(11-14)24-4/h6-11H,1-5H3. The lowest BCUT2D eigenvalue weighted by molar-refractivity contribution is 0.324. The van der Waals surface area contributed by atoms with Gasteiger partial charge < -0.3 is 23.4 Å². The Kier molecular flexibility index (Phi) is 5.02. The van der Waals surface area contributed by atoms with Crippen LogP contribution in [0, 0.1) is 6.92 Å². The third-order valence-electron chi connectivity index (χ3n) is 4.02. The molecule has 0 fully saturated rings. The van der Waals surface area contributed by atoms with Gasteiger partial charge in [0.1, 0.15) is 11.4 Å². The second-order valence-corrected chi connectivity index (χ2v) is 5.55. The molecule has 0 atom stereocenters. The fourth-order valence-electron chi connectivity index (χ4n) is 2.78. The average molecular weight is 355 g/mol. The van der Waals surface area contributed by atoms with Gasteiger partial charge >= 0.3 is 0 Å². The monoisotopic (exact) mass is 355 g/mol. The van der Waals surface area contributed by atoms with Gasteiger partial charge in [0, 0.05) is 18.1 Å². The molecule has 1 aromatic heterocycles. The highest BCUT2D eigenvalue weighted by molar-refractivity contribution is 5.79. The zero-order chi connectivity index (χ0) is 18.7. The molecule has 0 aliphatic heterocycles. The van der Waals surface area contributed by atoms with Gasteiger partial charge in [0.2, 0.25) is 5.75 Å². The van der Waals surface area contributed by atoms with Crippen molar-refractivity contribution in [1.82, 2.24) is 4.98 Å². The van der Waals surface area contributed by atoms with Gasteiger partial charge in [-0.3, -0.25) is 0 Å². The molecule has 0 saturated carbocycles. The SMILES string of the molecule is COc1ccc(-c2nc(C)oc2-c2cc(OC)c(OC)c(OC)c2)cc1. The van der Waals surface area contributed by atoms with E-state index in [1.165, 1.54) is 0 Å². The summed E-state index contributed by atoms with van der Waals surface area (Å²) < 4.78 is 27.4. The van der Waals surface area contributed by atoms with Crippen LogP contribution < -0.4 is 18.9 Å². The first-order valence-electron chi connectivity index (χ1n) is 8.03. The van der Waals surface area contributed by atoms with Crippen LogP contribution in [0.3, 0.4) is 0 Å². The van der Waals surface area contributed by atoms with Crippen LogP contribution in [0.1, 0.15) is 5.89 Å². The molecule has 136 valence electrons. The molecule has 2 aromatic carbocycles. The molecule has 1 heterocycles. The second-order valence-electron chi connectivity index (χ2n) is 5.55. The van der Waals surface area contributed by atoms with Crippen molar-refractivity contribution >= 4 is 0 Å². The number of hydrogen-bond acceptors (Lipinski definition) is 6. The highest BCUT2D eigenvalue weighted by Crippen LogP contribution is 2.43. The topological polar surface area (TPSA) is 63.0 Å². The number of hydrogen-bond donors (Lipinski definition) is 0. The number of methoxy groups -OCH3 is 4. The lowest BCUT2D eigenvalue weighted by Crippen LogP contribution is -1.96. The predicted molar refractivity (Wildman–Crippen MR) is 98.3 cm³/mol. The van der Waals surface area contributed by atoms with Gasteiger partial charge in [0.25, 0.3) is 0 Å². The molecule has 3 rings (SSSR count). The number of benzene rings is 2. The molecule has 0 spiro atoms. The molecule has 0 aliphatic rings. The lowest BCUT2D eigenvalue weighted by atomic mass is 10.0. The van der Waals surface area contributed by atoms with Crippen molar-refractivity contribution in [2.75, 3.05) is 28.4 Å². The van der Waals surface area contributed by atoms with E-state index >= 15 is 0 Å². The summed E-state index contributed by atoms with van der Waals surface area (Å²) in [7, 11) is 6.37. The Morgan fingerprint density at radius 3 is 1.88 bits per heavy atom. The predicted octanol–water partition coefficient (Wildman–Crippen LogP) is 4.35. The molecule has 0 saturated heterocycles. The zero-order valence-electron chi connectivity index (χ0n) is 15.5. The van der Waals surface area contributed by atoms with Crippen molar-refractivity contribution in [3.63, 3.8) is 0 Å². The van der Waals surface area contributed by atoms with E-state index in [9.17, 15) is 0 Å². The molecule has 0 radical (unpaired) electrons. The van der Waals surface area contributed by atoms with Crippen LogP contribution >= 0.6 is 0 Å². The van der Waals surface area contributed by atoms with Crippen molar-refractivity contribution < 1.29 is 23.4 Å². The van der Waals surface area contributed by atoms with Crippen LogP contribution in [0.25, 0.3) is 22.6 Å². The lowest BCUT2D eigenvalue weighted by Gasteiger charge is -2.13. The smallest absolute Gasteiger partial charge is 0.203 e. The number of ether oxygens (including phenoxy) is 4. The van der Waals surface area contributed by atoms with E-state index in [-0.39, 0.29) is 0 Å². The van der Waals surface area contributed by atoms with Crippen LogP contribution in [0.5, 0.6) is 23.0 Å². The third kappa shape index (κ3) is 3.18. The van der Waals surface area contributed by atoms with E-state index < -0.39 is 0 Å². The molecule has 26 heavy (non-hydrogen) atoms. The highest BCUT2D eigenvalue weighted by Gasteiger charge is 2.20. The van der Waals surface area contributed by atoms with E-state index in [4.69, 9.17) is 23.4 Å². The number of nitrogens with zero attached hydrogens (tertiary/aromatic N) is 1. The summed E-state index contributed by atoms with van der Waals surface area (Å²) in [5, 5.41) is 0. The minimum atomic E-state index is 0.529. The van der Waals surface area contributed by atoms with Gasteiger partial charge in [-0.1, -0.05) is 0 Å². The van der Waals surface area contributed by atoms with Crippen molar-refractivity contribution in [2.45, 2.75) is 6.92 Å². The van der Waals surface area contributed by atoms with Gasteiger partial charge in [0.05, 0.1) is 28.4 Å². The van der Waals surface area contributed by atoms with Gasteiger partial charge in [-0.15, -0.1) is 0 Å². The molecule has 0 N–H and O–H groups in total. The van der Waals surface area contributed by atoms with Crippen LogP contribution in [-0.2, 0) is 0 Å². The molecule has 3 aromatic rings. The first kappa shape index (κ1) is 17.7. The van der Waals surface area contributed by atoms with E-state index in [1.807, 2.05) is 43.3 Å². The summed E-state index contributed by atoms with van der Waals surface area (Å²) in [5.41, 5.74) is 2.44. The largest absolute Gasteiger partial charge is 0.497 e. The first-order chi connectivity index (χ1) is 12.6. The number of oxazole rings is 1. The molecule has 0 bridgehead atoms. The van der Waals surface area contributed by atoms with E-state index in [0.29, 0.717) is 28.9 Å². The maximum Gasteiger partial charge on any atom is 0.203 e. The van der Waals surface area contributed by atoms with Crippen LogP contribution in [0.4, 0.5) is 0 Å². The summed E-state index contributed by atoms with van der Waals surface area (Å²) >= 11 is 0. The van der Waals surface area contributed by atoms with Gasteiger partial charge in [-0.2, -0.15) is 0 Å². The van der Waals surface area contributed by atoms with Crippen molar-refractivity contribution in [3.8, 4) is 45.6 Å². The number of rotatable bonds is 6. The quantitative estimate of drug-likeness (QED) is 0.655. The Hall–Kier alpha value is -3.15. The van der Waals surface area contributed by atoms with Crippen LogP contribution in [0.15, 0.2) is 40.8 Å². The fraction of sp³-hybridized carbons (Fsp3) is 0.250. The zero-order valence-corrected chi connectivity index (χ0v) is 15.5. The van der Waals surface area contributed by atoms with Crippen LogP contribution in [0.2, 0.25) is 0 Å². The van der Waals surface area contributed by atoms with Crippen molar-refractivity contribution in [2.24, 2.45) is 0 Å². The Morgan fingerprint density at radius 2 is 1.38 bits per heavy atom. The Bertz CT molecular complexity index is 874. The summed E-state index contributed by atoms with van der Waals surface area (Å²) in [5.74, 6) is 3.61. The summed E-state index contributed by atoms with van der Waals surface area (Å²) in [6.45, 7) is 1.81. The minimum absolute atomic E-state index is 0.529. The summed E-state index contributed by atoms with van der Waals surface area (Å²) in [6.07, 6.45) is 0. The van der Waals surface area contributed by atoms with E-state index in [0.717, 1.165) is 22.6 Å². The van der Waals surface area contributed by atoms with E-state index in [2.05, 4.69) is 4.98 Å². The normalized spacial score (nSPS) is 10.5. The Morgan fingerprint density at radius 1 is 0.769 bits per heavy atom. The highest BCUT2D eigenvalue weighted by atomic mass is 16.5.